The lowest BCUT2D eigenvalue weighted by atomic mass is 10.4. The Balaban J connectivity index is -0.0000000293. The summed E-state index contributed by atoms with van der Waals surface area (Å²) in [6, 6.07) is 0. The van der Waals surface area contributed by atoms with Crippen molar-refractivity contribution in [3.8, 4) is 0 Å². The molecule has 0 aromatic rings. The van der Waals surface area contributed by atoms with Gasteiger partial charge in [0.2, 0.25) is 0 Å². The number of carboxylic acid groups (broad SMARTS) is 1. The van der Waals surface area contributed by atoms with Crippen LogP contribution in [-0.2, 0) is 0 Å². The Labute approximate surface area is 361 Å². The van der Waals surface area contributed by atoms with Crippen LogP contribution in [0.1, 0.15) is 73.6 Å². The van der Waals surface area contributed by atoms with Gasteiger partial charge in [0.25, 0.3) is 0 Å². The highest BCUT2D eigenvalue weighted by atomic mass is 32.9. The van der Waals surface area contributed by atoms with Crippen LogP contribution in [0.5, 0.6) is 0 Å². The van der Waals surface area contributed by atoms with Gasteiger partial charge in [-0.25, -0.2) is 4.79 Å². The van der Waals surface area contributed by atoms with Crippen LogP contribution in [0, 0.1) is 0 Å². The van der Waals surface area contributed by atoms with Crippen molar-refractivity contribution < 1.29 is 15.4 Å². The molecule has 27 heteroatoms. The molecule has 18 atom stereocenters. The zero-order valence-corrected chi connectivity index (χ0v) is 54.9. The van der Waals surface area contributed by atoms with Gasteiger partial charge in [-0.3, -0.25) is 0 Å². The third kappa shape index (κ3) is 246. The third-order valence-electron chi connectivity index (χ3n) is 1.90. The van der Waals surface area contributed by atoms with Crippen LogP contribution in [0.15, 0.2) is 0 Å². The van der Waals surface area contributed by atoms with Crippen molar-refractivity contribution in [1.82, 2.24) is 0 Å². The Morgan fingerprint density at radius 3 is 0.915 bits per heavy atom. The van der Waals surface area contributed by atoms with E-state index in [1.54, 1.807) is 18.8 Å². The molecule has 0 heterocycles. The highest BCUT2D eigenvalue weighted by molar-refractivity contribution is 8.74. The van der Waals surface area contributed by atoms with E-state index >= 15 is 0 Å². The first-order valence-electron chi connectivity index (χ1n) is 13.5. The topological polar surface area (TPSA) is 68.8 Å². The van der Waals surface area contributed by atoms with Gasteiger partial charge in [-0.1, -0.05) is 132 Å². The molecule has 3 nitrogen and oxygen atoms in total. The summed E-state index contributed by atoms with van der Waals surface area (Å²) in [5.41, 5.74) is -0.691. The summed E-state index contributed by atoms with van der Waals surface area (Å²) >= 11 is 16.3. The maximum atomic E-state index is 9.61. The van der Waals surface area contributed by atoms with Crippen LogP contribution in [0.3, 0.4) is 0 Å². The van der Waals surface area contributed by atoms with E-state index in [2.05, 4.69) is 152 Å². The lowest BCUT2D eigenvalue weighted by Gasteiger charge is -1.91. The monoisotopic (exact) mass is 1120 g/mol. The van der Waals surface area contributed by atoms with Gasteiger partial charge in [-0.05, 0) is 78.7 Å². The van der Waals surface area contributed by atoms with Crippen molar-refractivity contribution in [2.75, 3.05) is 49.9 Å². The summed E-state index contributed by atoms with van der Waals surface area (Å²) in [4.78, 5) is 9.61. The minimum absolute atomic E-state index is 0. The molecule has 18 unspecified atom stereocenters. The number of rotatable bonds is 15. The molecule has 0 saturated carbocycles. The second kappa shape index (κ2) is 139. The largest absolute Gasteiger partial charge is 0.478 e. The molecule has 0 bridgehead atoms. The van der Waals surface area contributed by atoms with E-state index in [4.69, 9.17) is 5.11 Å². The highest BCUT2D eigenvalue weighted by Crippen LogP contribution is 2.52. The summed E-state index contributed by atoms with van der Waals surface area (Å²) in [6.45, 7) is 13.0. The van der Waals surface area contributed by atoms with Gasteiger partial charge in [-0.15, -0.1) is 87.7 Å². The SMILES string of the molecule is CCC.CCC.CCCCPPP.CCCPPP.CS.CS.CS.CSPPP.CSPPP.CSPPP.O.O=C(O)PPP. The molecule has 0 aromatic heterocycles. The van der Waals surface area contributed by atoms with E-state index in [9.17, 15) is 4.79 Å². The van der Waals surface area contributed by atoms with Crippen LogP contribution in [0.2, 0.25) is 0 Å². The van der Waals surface area contributed by atoms with Crippen molar-refractivity contribution in [3.05, 3.63) is 0 Å². The van der Waals surface area contributed by atoms with Crippen LogP contribution < -0.4 is 0 Å². The number of unbranched alkanes of at least 4 members (excludes halogenated alkanes) is 1. The summed E-state index contributed by atoms with van der Waals surface area (Å²) in [7, 11) is 27.8. The molecule has 0 radical (unpaired) electrons. The van der Waals surface area contributed by atoms with Gasteiger partial charge >= 0.3 is 5.71 Å². The number of carbonyl (C=O) groups is 1. The maximum absolute atomic E-state index is 9.61. The van der Waals surface area contributed by atoms with Gasteiger partial charge < -0.3 is 10.6 Å². The Hall–Kier alpha value is 9.27. The lowest BCUT2D eigenvalue weighted by Crippen LogP contribution is -1.70. The minimum Gasteiger partial charge on any atom is -0.478 e. The molecule has 0 aliphatic carbocycles. The fourth-order valence-electron chi connectivity index (χ4n) is 0.773. The molecule has 0 spiro atoms. The van der Waals surface area contributed by atoms with E-state index in [1.165, 1.54) is 61.0 Å². The predicted octanol–water partition coefficient (Wildman–Crippen LogP) is 17.7. The molecule has 0 aliphatic heterocycles. The van der Waals surface area contributed by atoms with Gasteiger partial charge in [0.15, 0.2) is 0 Å². The standard InChI is InChI=1S/C4H13P3.C3H11P3.2C3H8.CH5O2P3.3CH7P3S.3CH4S.H2O/c1-2-3-4-6-7-5;1-2-3-5-6-4;2*1-3-2;2-1(3)5-6-4;3*1-5-4-3-2;3*1-2;/h6-7H,2-5H2,1H3;5-6H,2-4H2,1H3;2*3H2,1-2H3;5-6H,4H2,(H,2,3);3*3-4H,2H2,1H3;3*2H,1H3;1H2. The Morgan fingerprint density at radius 2 is 0.830 bits per heavy atom. The fourth-order valence-corrected chi connectivity index (χ4v) is 22.3. The molecule has 3 N–H and O–H groups in total. The molecule has 47 heavy (non-hydrogen) atoms. The second-order valence-corrected chi connectivity index (χ2v) is 46.5. The Kier molecular flexibility index (Phi) is 259. The molecule has 0 aromatic carbocycles. The highest BCUT2D eigenvalue weighted by Gasteiger charge is 1.87. The van der Waals surface area contributed by atoms with Crippen molar-refractivity contribution in [2.24, 2.45) is 0 Å². The molecule has 0 saturated heterocycles. The van der Waals surface area contributed by atoms with Crippen LogP contribution in [0.25, 0.3) is 0 Å². The van der Waals surface area contributed by atoms with Crippen molar-refractivity contribution in [1.29, 1.82) is 0 Å². The number of hydrogen-bond acceptors (Lipinski definition) is 7. The first kappa shape index (κ1) is 87.7. The average molecular weight is 1120 g/mol. The third-order valence-corrected chi connectivity index (χ3v) is 34.9. The van der Waals surface area contributed by atoms with E-state index in [0.717, 1.165) is 62.2 Å². The number of thiol groups is 3. The summed E-state index contributed by atoms with van der Waals surface area (Å²) in [5, 5.41) is 7.92. The quantitative estimate of drug-likeness (QED) is 0.0747. The first-order chi connectivity index (χ1) is 22.2. The Morgan fingerprint density at radius 1 is 0.553 bits per heavy atom. The predicted molar refractivity (Wildman–Crippen MR) is 322 cm³/mol. The summed E-state index contributed by atoms with van der Waals surface area (Å²) in [5.74, 6) is 0. The van der Waals surface area contributed by atoms with Gasteiger partial charge in [-0.2, -0.15) is 37.9 Å². The zero-order valence-electron chi connectivity index (χ0n) is 30.8. The second-order valence-electron chi connectivity index (χ2n) is 5.84. The molecular weight excluding hydrogens is 1040 g/mol. The van der Waals surface area contributed by atoms with Gasteiger partial charge in [0.05, 0.1) is 0 Å². The van der Waals surface area contributed by atoms with Gasteiger partial charge in [0.1, 0.15) is 0 Å². The van der Waals surface area contributed by atoms with Crippen molar-refractivity contribution in [3.63, 3.8) is 0 Å². The van der Waals surface area contributed by atoms with E-state index in [-0.39, 0.29) is 13.7 Å². The fraction of sp³-hybridized carbons (Fsp3) is 0.950. The van der Waals surface area contributed by atoms with Crippen LogP contribution in [0.4, 0.5) is 4.79 Å². The molecule has 0 aliphatic rings. The molecule has 0 rings (SSSR count). The van der Waals surface area contributed by atoms with Crippen LogP contribution in [-0.4, -0.2) is 66.2 Å². The molecule has 0 amide bonds. The summed E-state index contributed by atoms with van der Waals surface area (Å²) in [6.07, 6.45) is 21.0. The maximum Gasteiger partial charge on any atom is 0.325 e. The van der Waals surface area contributed by atoms with E-state index in [0.29, 0.717) is 7.96 Å². The first-order valence-corrected chi connectivity index (χ1v) is 51.3. The normalized spacial score (nSPS) is 10.5. The lowest BCUT2D eigenvalue weighted by molar-refractivity contribution is 0.222. The zero-order chi connectivity index (χ0) is 39.1. The van der Waals surface area contributed by atoms with Crippen LogP contribution >= 0.6 is 221 Å². The smallest absolute Gasteiger partial charge is 0.325 e. The minimum atomic E-state index is -0.691. The Bertz CT molecular complexity index is 314. The van der Waals surface area contributed by atoms with Crippen molar-refractivity contribution >= 4 is 226 Å². The van der Waals surface area contributed by atoms with Crippen molar-refractivity contribution in [2.45, 2.75) is 73.6 Å². The molecule has 304 valence electrons. The van der Waals surface area contributed by atoms with E-state index < -0.39 is 5.71 Å². The molecule has 0 fully saturated rings. The van der Waals surface area contributed by atoms with Gasteiger partial charge in [0, 0.05) is 8.27 Å². The van der Waals surface area contributed by atoms with E-state index in [1.807, 2.05) is 34.1 Å². The number of hydrogen-bond donors (Lipinski definition) is 4. The average Bonchev–Trinajstić information content (AvgIpc) is 3.06. The molecular formula is C20H80O3P18S6. The summed E-state index contributed by atoms with van der Waals surface area (Å²) < 4.78 is 0.